The predicted molar refractivity (Wildman–Crippen MR) is 39.4 cm³/mol. The Labute approximate surface area is 75.4 Å². The molecule has 1 rings (SSSR count). The van der Waals surface area contributed by atoms with E-state index in [0.717, 1.165) is 6.20 Å². The lowest BCUT2D eigenvalue weighted by Crippen LogP contribution is -2.09. The van der Waals surface area contributed by atoms with E-state index in [0.29, 0.717) is 0 Å². The van der Waals surface area contributed by atoms with Crippen molar-refractivity contribution in [3.8, 4) is 0 Å². The average molecular weight is 215 g/mol. The van der Waals surface area contributed by atoms with Crippen LogP contribution in [0.25, 0.3) is 0 Å². The number of rotatable bonds is 0. The molecule has 12 heavy (non-hydrogen) atoms. The summed E-state index contributed by atoms with van der Waals surface area (Å²) in [6.45, 7) is 0. The van der Waals surface area contributed by atoms with Gasteiger partial charge in [-0.2, -0.15) is 13.2 Å². The molecule has 0 spiro atoms. The van der Waals surface area contributed by atoms with Gasteiger partial charge in [-0.05, 0) is 0 Å². The van der Waals surface area contributed by atoms with Crippen molar-refractivity contribution in [1.82, 2.24) is 9.97 Å². The third-order valence-electron chi connectivity index (χ3n) is 1.02. The molecule has 0 atom stereocenters. The molecule has 2 nitrogen and oxygen atoms in total. The third-order valence-corrected chi connectivity index (χ3v) is 1.50. The minimum Gasteiger partial charge on any atom is -0.334 e. The second kappa shape index (κ2) is 3.02. The highest BCUT2D eigenvalue weighted by molar-refractivity contribution is 7.71. The van der Waals surface area contributed by atoms with Gasteiger partial charge in [0.05, 0.1) is 6.20 Å². The molecule has 0 bridgehead atoms. The maximum absolute atomic E-state index is 12.0. The van der Waals surface area contributed by atoms with Crippen LogP contribution >= 0.6 is 23.8 Å². The minimum absolute atomic E-state index is 0.0630. The normalized spacial score (nSPS) is 11.7. The Balaban J connectivity index is 3.28. The molecular weight excluding hydrogens is 213 g/mol. The number of alkyl halides is 3. The lowest BCUT2D eigenvalue weighted by atomic mass is 10.4. The van der Waals surface area contributed by atoms with Crippen LogP contribution in [0.3, 0.4) is 0 Å². The zero-order valence-corrected chi connectivity index (χ0v) is 7.02. The van der Waals surface area contributed by atoms with Crippen LogP contribution in [0.2, 0.25) is 5.15 Å². The number of hydrogen-bond acceptors (Lipinski definition) is 2. The first-order valence-corrected chi connectivity index (χ1v) is 3.52. The summed E-state index contributed by atoms with van der Waals surface area (Å²) < 4.78 is 36.0. The van der Waals surface area contributed by atoms with Gasteiger partial charge in [0.25, 0.3) is 0 Å². The fourth-order valence-electron chi connectivity index (χ4n) is 0.577. The van der Waals surface area contributed by atoms with Gasteiger partial charge in [-0.3, -0.25) is 0 Å². The first kappa shape index (κ1) is 9.47. The summed E-state index contributed by atoms with van der Waals surface area (Å²) in [5.74, 6) is 0. The van der Waals surface area contributed by atoms with Crippen molar-refractivity contribution >= 4 is 23.8 Å². The molecule has 0 aliphatic rings. The summed E-state index contributed by atoms with van der Waals surface area (Å²) in [6.07, 6.45) is -3.65. The van der Waals surface area contributed by atoms with Crippen molar-refractivity contribution in [1.29, 1.82) is 0 Å². The van der Waals surface area contributed by atoms with Gasteiger partial charge in [-0.15, -0.1) is 0 Å². The Morgan fingerprint density at radius 3 is 2.50 bits per heavy atom. The summed E-state index contributed by atoms with van der Waals surface area (Å²) in [7, 11) is 0. The first-order chi connectivity index (χ1) is 5.41. The van der Waals surface area contributed by atoms with Gasteiger partial charge in [-0.25, -0.2) is 4.98 Å². The number of H-pyrrole nitrogens is 1. The van der Waals surface area contributed by atoms with Crippen molar-refractivity contribution in [3.05, 3.63) is 21.7 Å². The number of aromatic nitrogens is 2. The summed E-state index contributed by atoms with van der Waals surface area (Å²) in [5.41, 5.74) is -1.15. The Hall–Kier alpha value is -0.620. The quantitative estimate of drug-likeness (QED) is 0.673. The molecule has 0 aliphatic heterocycles. The van der Waals surface area contributed by atoms with E-state index in [-0.39, 0.29) is 4.64 Å². The molecular formula is C5H2ClF3N2S. The van der Waals surface area contributed by atoms with Crippen molar-refractivity contribution < 1.29 is 13.2 Å². The lowest BCUT2D eigenvalue weighted by Gasteiger charge is -2.05. The molecule has 0 unspecified atom stereocenters. The molecule has 1 heterocycles. The van der Waals surface area contributed by atoms with Gasteiger partial charge in [0, 0.05) is 0 Å². The standard InChI is InChI=1S/C5H2ClF3N2S/c6-4-3(5(7,8)9)10-1-2(12)11-4/h1H,(H,11,12). The van der Waals surface area contributed by atoms with Gasteiger partial charge in [0.15, 0.2) is 5.69 Å². The smallest absolute Gasteiger partial charge is 0.334 e. The summed E-state index contributed by atoms with van der Waals surface area (Å²) >= 11 is 9.72. The number of nitrogens with zero attached hydrogens (tertiary/aromatic N) is 1. The fourth-order valence-corrected chi connectivity index (χ4v) is 1.05. The van der Waals surface area contributed by atoms with Gasteiger partial charge < -0.3 is 4.98 Å². The molecule has 0 aromatic carbocycles. The van der Waals surface area contributed by atoms with E-state index < -0.39 is 17.0 Å². The van der Waals surface area contributed by atoms with Crippen LogP contribution in [0.5, 0.6) is 0 Å². The predicted octanol–water partition coefficient (Wildman–Crippen LogP) is 2.81. The first-order valence-electron chi connectivity index (χ1n) is 2.73. The number of aromatic amines is 1. The van der Waals surface area contributed by atoms with E-state index in [1.54, 1.807) is 0 Å². The Morgan fingerprint density at radius 1 is 1.50 bits per heavy atom. The van der Waals surface area contributed by atoms with Gasteiger partial charge in [0.2, 0.25) is 0 Å². The molecule has 0 saturated heterocycles. The number of hydrogen-bond donors (Lipinski definition) is 1. The molecule has 0 amide bonds. The van der Waals surface area contributed by atoms with E-state index >= 15 is 0 Å². The summed E-state index contributed by atoms with van der Waals surface area (Å²) in [5, 5.41) is -0.588. The van der Waals surface area contributed by atoms with Crippen LogP contribution < -0.4 is 0 Å². The third kappa shape index (κ3) is 1.95. The molecule has 1 aromatic rings. The molecule has 7 heteroatoms. The van der Waals surface area contributed by atoms with Gasteiger partial charge in [0.1, 0.15) is 9.79 Å². The van der Waals surface area contributed by atoms with Gasteiger partial charge >= 0.3 is 6.18 Å². The van der Waals surface area contributed by atoms with E-state index in [1.807, 2.05) is 0 Å². The van der Waals surface area contributed by atoms with Crippen molar-refractivity contribution in [2.75, 3.05) is 0 Å². The highest BCUT2D eigenvalue weighted by atomic mass is 35.5. The zero-order chi connectivity index (χ0) is 9.35. The van der Waals surface area contributed by atoms with Crippen LogP contribution in [0.4, 0.5) is 13.2 Å². The van der Waals surface area contributed by atoms with Crippen LogP contribution in [-0.2, 0) is 6.18 Å². The Bertz CT molecular complexity index is 345. The van der Waals surface area contributed by atoms with Crippen LogP contribution in [-0.4, -0.2) is 9.97 Å². The summed E-state index contributed by atoms with van der Waals surface area (Å²) in [4.78, 5) is 5.20. The second-order valence-corrected chi connectivity index (χ2v) is 2.73. The Morgan fingerprint density at radius 2 is 2.08 bits per heavy atom. The Kier molecular flexibility index (Phi) is 2.39. The lowest BCUT2D eigenvalue weighted by molar-refractivity contribution is -0.141. The molecule has 66 valence electrons. The maximum Gasteiger partial charge on any atom is 0.436 e. The average Bonchev–Trinajstić information content (AvgIpc) is 1.83. The SMILES string of the molecule is FC(F)(F)c1ncc(=S)[nH]c1Cl. The molecule has 0 fully saturated rings. The second-order valence-electron chi connectivity index (χ2n) is 1.91. The minimum atomic E-state index is -4.55. The van der Waals surface area contributed by atoms with E-state index in [4.69, 9.17) is 11.6 Å². The molecule has 0 radical (unpaired) electrons. The molecule has 1 N–H and O–H groups in total. The van der Waals surface area contributed by atoms with Crippen molar-refractivity contribution in [2.45, 2.75) is 6.18 Å². The highest BCUT2D eigenvalue weighted by Crippen LogP contribution is 2.31. The summed E-state index contributed by atoms with van der Waals surface area (Å²) in [6, 6.07) is 0. The molecule has 1 aromatic heterocycles. The molecule has 0 aliphatic carbocycles. The zero-order valence-electron chi connectivity index (χ0n) is 5.44. The number of halogens is 4. The van der Waals surface area contributed by atoms with E-state index in [2.05, 4.69) is 22.2 Å². The topological polar surface area (TPSA) is 28.7 Å². The fraction of sp³-hybridized carbons (Fsp3) is 0.200. The van der Waals surface area contributed by atoms with E-state index in [9.17, 15) is 13.2 Å². The van der Waals surface area contributed by atoms with Crippen LogP contribution in [0.1, 0.15) is 5.69 Å². The largest absolute Gasteiger partial charge is 0.436 e. The van der Waals surface area contributed by atoms with Crippen molar-refractivity contribution in [2.24, 2.45) is 0 Å². The van der Waals surface area contributed by atoms with Crippen LogP contribution in [0.15, 0.2) is 6.20 Å². The number of nitrogens with one attached hydrogen (secondary N) is 1. The monoisotopic (exact) mass is 214 g/mol. The maximum atomic E-state index is 12.0. The van der Waals surface area contributed by atoms with Crippen molar-refractivity contribution in [3.63, 3.8) is 0 Å². The van der Waals surface area contributed by atoms with Gasteiger partial charge in [-0.1, -0.05) is 23.8 Å². The molecule has 0 saturated carbocycles. The van der Waals surface area contributed by atoms with Crippen LogP contribution in [0, 0.1) is 4.64 Å². The highest BCUT2D eigenvalue weighted by Gasteiger charge is 2.35. The van der Waals surface area contributed by atoms with E-state index in [1.165, 1.54) is 0 Å².